The summed E-state index contributed by atoms with van der Waals surface area (Å²) in [7, 11) is 0. The van der Waals surface area contributed by atoms with Gasteiger partial charge in [-0.2, -0.15) is 0 Å². The van der Waals surface area contributed by atoms with Crippen molar-refractivity contribution in [3.05, 3.63) is 42.1 Å². The molecule has 0 radical (unpaired) electrons. The highest BCUT2D eigenvalue weighted by Gasteiger charge is 2.49. The van der Waals surface area contributed by atoms with Gasteiger partial charge in [0.25, 0.3) is 5.91 Å². The van der Waals surface area contributed by atoms with Gasteiger partial charge in [-0.05, 0) is 50.3 Å². The van der Waals surface area contributed by atoms with E-state index >= 15 is 0 Å². The first kappa shape index (κ1) is 17.0. The van der Waals surface area contributed by atoms with Crippen molar-refractivity contribution in [3.8, 4) is 6.01 Å². The third-order valence-corrected chi connectivity index (χ3v) is 5.09. The first-order valence-corrected chi connectivity index (χ1v) is 9.03. The molecule has 26 heavy (non-hydrogen) atoms. The Bertz CT molecular complexity index is 755. The van der Waals surface area contributed by atoms with Crippen LogP contribution in [-0.2, 0) is 4.74 Å². The lowest BCUT2D eigenvalue weighted by atomic mass is 9.79. The molecule has 4 rings (SSSR count). The van der Waals surface area contributed by atoms with E-state index in [1.807, 2.05) is 13.0 Å². The Kier molecular flexibility index (Phi) is 4.63. The predicted octanol–water partition coefficient (Wildman–Crippen LogP) is 2.47. The number of likely N-dealkylation sites (tertiary alicyclic amines) is 1. The second-order valence-corrected chi connectivity index (χ2v) is 7.13. The van der Waals surface area contributed by atoms with Gasteiger partial charge in [0.15, 0.2) is 5.76 Å². The van der Waals surface area contributed by atoms with Crippen molar-refractivity contribution in [1.29, 1.82) is 0 Å². The van der Waals surface area contributed by atoms with E-state index in [0.29, 0.717) is 37.4 Å². The maximum atomic E-state index is 12.4. The van der Waals surface area contributed by atoms with Crippen molar-refractivity contribution in [2.75, 3.05) is 26.3 Å². The summed E-state index contributed by atoms with van der Waals surface area (Å²) in [6.07, 6.45) is 6.26. The van der Waals surface area contributed by atoms with Crippen LogP contribution in [0.5, 0.6) is 6.01 Å². The van der Waals surface area contributed by atoms with Gasteiger partial charge in [0.05, 0.1) is 19.7 Å². The first-order valence-electron chi connectivity index (χ1n) is 9.03. The third-order valence-electron chi connectivity index (χ3n) is 5.09. The average molecular weight is 357 g/mol. The highest BCUT2D eigenvalue weighted by molar-refractivity contribution is 5.92. The van der Waals surface area contributed by atoms with E-state index in [1.165, 1.54) is 0 Å². The minimum atomic E-state index is -0.205. The van der Waals surface area contributed by atoms with Crippen molar-refractivity contribution >= 4 is 5.91 Å². The van der Waals surface area contributed by atoms with Crippen LogP contribution in [-0.4, -0.2) is 52.7 Å². The number of furan rings is 1. The number of hydrogen-bond acceptors (Lipinski definition) is 6. The minimum Gasteiger partial charge on any atom is -0.463 e. The van der Waals surface area contributed by atoms with Gasteiger partial charge >= 0.3 is 6.01 Å². The molecule has 1 spiro atoms. The molecule has 0 unspecified atom stereocenters. The molecule has 2 aromatic heterocycles. The lowest BCUT2D eigenvalue weighted by molar-refractivity contribution is -0.167. The zero-order valence-electron chi connectivity index (χ0n) is 14.9. The maximum Gasteiger partial charge on any atom is 0.316 e. The van der Waals surface area contributed by atoms with E-state index in [2.05, 4.69) is 9.97 Å². The van der Waals surface area contributed by atoms with Crippen LogP contribution in [0.3, 0.4) is 0 Å². The van der Waals surface area contributed by atoms with Gasteiger partial charge in [0.1, 0.15) is 11.4 Å². The van der Waals surface area contributed by atoms with Crippen LogP contribution < -0.4 is 4.74 Å². The first-order chi connectivity index (χ1) is 12.6. The number of aryl methyl sites for hydroxylation is 1. The second kappa shape index (κ2) is 7.07. The molecule has 1 amide bonds. The Balaban J connectivity index is 1.26. The molecule has 7 heteroatoms. The summed E-state index contributed by atoms with van der Waals surface area (Å²) in [6.45, 7) is 4.43. The molecule has 2 fully saturated rings. The average Bonchev–Trinajstić information content (AvgIpc) is 3.07. The number of ether oxygens (including phenoxy) is 2. The molecule has 0 saturated carbocycles. The molecule has 2 saturated heterocycles. The molecular weight excluding hydrogens is 334 g/mol. The fourth-order valence-corrected chi connectivity index (χ4v) is 3.77. The lowest BCUT2D eigenvalue weighted by Crippen LogP contribution is -2.66. The van der Waals surface area contributed by atoms with Gasteiger partial charge in [-0.3, -0.25) is 4.79 Å². The highest BCUT2D eigenvalue weighted by atomic mass is 16.5. The van der Waals surface area contributed by atoms with Gasteiger partial charge in [-0.1, -0.05) is 0 Å². The summed E-state index contributed by atoms with van der Waals surface area (Å²) in [6, 6.07) is 5.73. The van der Waals surface area contributed by atoms with Gasteiger partial charge in [-0.15, -0.1) is 0 Å². The molecule has 2 aliphatic rings. The summed E-state index contributed by atoms with van der Waals surface area (Å²) in [5.41, 5.74) is -0.205. The van der Waals surface area contributed by atoms with Crippen LogP contribution in [0.2, 0.25) is 0 Å². The number of nitrogens with zero attached hydrogens (tertiary/aromatic N) is 3. The molecule has 0 aromatic carbocycles. The molecule has 7 nitrogen and oxygen atoms in total. The Labute approximate surface area is 152 Å². The van der Waals surface area contributed by atoms with Crippen LogP contribution >= 0.6 is 0 Å². The molecule has 0 aliphatic carbocycles. The number of carbonyl (C=O) groups excluding carboxylic acids is 1. The monoisotopic (exact) mass is 357 g/mol. The van der Waals surface area contributed by atoms with E-state index in [0.717, 1.165) is 31.6 Å². The van der Waals surface area contributed by atoms with Crippen molar-refractivity contribution in [1.82, 2.24) is 14.9 Å². The number of hydrogen-bond donors (Lipinski definition) is 0. The Hall–Kier alpha value is -2.41. The predicted molar refractivity (Wildman–Crippen MR) is 92.9 cm³/mol. The minimum absolute atomic E-state index is 0.0565. The van der Waals surface area contributed by atoms with E-state index in [4.69, 9.17) is 13.9 Å². The topological polar surface area (TPSA) is 77.7 Å². The molecule has 2 aliphatic heterocycles. The molecule has 1 atom stereocenters. The summed E-state index contributed by atoms with van der Waals surface area (Å²) >= 11 is 0. The maximum absolute atomic E-state index is 12.4. The fourth-order valence-electron chi connectivity index (χ4n) is 3.77. The van der Waals surface area contributed by atoms with Gasteiger partial charge in [0, 0.05) is 19.0 Å². The Morgan fingerprint density at radius 2 is 2.15 bits per heavy atom. The molecular formula is C19H23N3O4. The Morgan fingerprint density at radius 1 is 1.35 bits per heavy atom. The molecule has 138 valence electrons. The molecule has 2 aromatic rings. The van der Waals surface area contributed by atoms with Crippen molar-refractivity contribution in [3.63, 3.8) is 0 Å². The van der Waals surface area contributed by atoms with Gasteiger partial charge < -0.3 is 18.8 Å². The number of carbonyl (C=O) groups is 1. The van der Waals surface area contributed by atoms with Crippen molar-refractivity contribution in [2.45, 2.75) is 31.8 Å². The SMILES string of the molecule is Cc1ccc(C(=O)N2CC3(C[C@@H](CCOc4ncccn4)CCO3)C2)o1. The summed E-state index contributed by atoms with van der Waals surface area (Å²) in [4.78, 5) is 22.4. The summed E-state index contributed by atoms with van der Waals surface area (Å²) in [5.74, 6) is 1.62. The lowest BCUT2D eigenvalue weighted by Gasteiger charge is -2.53. The third kappa shape index (κ3) is 3.58. The second-order valence-electron chi connectivity index (χ2n) is 7.13. The smallest absolute Gasteiger partial charge is 0.316 e. The largest absolute Gasteiger partial charge is 0.463 e. The van der Waals surface area contributed by atoms with E-state index < -0.39 is 0 Å². The van der Waals surface area contributed by atoms with Crippen LogP contribution in [0.25, 0.3) is 0 Å². The van der Waals surface area contributed by atoms with Gasteiger partial charge in [-0.25, -0.2) is 9.97 Å². The quantitative estimate of drug-likeness (QED) is 0.818. The standard InChI is InChI=1S/C19H23N3O4/c1-14-3-4-16(26-14)17(23)22-12-19(13-22)11-15(6-10-25-19)5-9-24-18-20-7-2-8-21-18/h2-4,7-8,15H,5-6,9-13H2,1H3/t15-/m0/s1. The van der Waals surface area contributed by atoms with Crippen molar-refractivity contribution in [2.24, 2.45) is 5.92 Å². The number of amides is 1. The zero-order chi connectivity index (χ0) is 18.0. The Morgan fingerprint density at radius 3 is 2.88 bits per heavy atom. The fraction of sp³-hybridized carbons (Fsp3) is 0.526. The molecule has 0 N–H and O–H groups in total. The highest BCUT2D eigenvalue weighted by Crippen LogP contribution is 2.38. The normalized spacial score (nSPS) is 21.4. The molecule has 0 bridgehead atoms. The molecule has 4 heterocycles. The summed E-state index contributed by atoms with van der Waals surface area (Å²) < 4.78 is 17.1. The number of aromatic nitrogens is 2. The summed E-state index contributed by atoms with van der Waals surface area (Å²) in [5, 5.41) is 0. The number of rotatable bonds is 5. The van der Waals surface area contributed by atoms with Crippen LogP contribution in [0.15, 0.2) is 35.0 Å². The van der Waals surface area contributed by atoms with Crippen LogP contribution in [0.4, 0.5) is 0 Å². The van der Waals surface area contributed by atoms with Crippen LogP contribution in [0, 0.1) is 12.8 Å². The van der Waals surface area contributed by atoms with E-state index in [1.54, 1.807) is 29.4 Å². The van der Waals surface area contributed by atoms with Crippen molar-refractivity contribution < 1.29 is 18.7 Å². The van der Waals surface area contributed by atoms with Gasteiger partial charge in [0.2, 0.25) is 0 Å². The van der Waals surface area contributed by atoms with Crippen LogP contribution in [0.1, 0.15) is 35.6 Å². The zero-order valence-corrected chi connectivity index (χ0v) is 14.9. The van der Waals surface area contributed by atoms with E-state index in [-0.39, 0.29) is 11.5 Å². The van der Waals surface area contributed by atoms with E-state index in [9.17, 15) is 4.79 Å².